The van der Waals surface area contributed by atoms with Gasteiger partial charge in [0.1, 0.15) is 0 Å². The number of nitrogens with zero attached hydrogens (tertiary/aromatic N) is 1. The summed E-state index contributed by atoms with van der Waals surface area (Å²) in [5.74, 6) is -1.50. The zero-order valence-corrected chi connectivity index (χ0v) is 18.3. The number of carbonyl (C=O) groups excluding carboxylic acids is 2. The number of hydrogen-bond acceptors (Lipinski definition) is 4. The predicted molar refractivity (Wildman–Crippen MR) is 106 cm³/mol. The van der Waals surface area contributed by atoms with Crippen LogP contribution in [0.25, 0.3) is 0 Å². The predicted octanol–water partition coefficient (Wildman–Crippen LogP) is -1.56. The van der Waals surface area contributed by atoms with Crippen LogP contribution in [0.2, 0.25) is 0 Å². The van der Waals surface area contributed by atoms with Gasteiger partial charge in [0, 0.05) is 0 Å². The second kappa shape index (κ2) is 9.74. The van der Waals surface area contributed by atoms with E-state index in [1.807, 2.05) is 60.7 Å². The van der Waals surface area contributed by atoms with Crippen molar-refractivity contribution in [2.24, 2.45) is 0 Å². The number of aliphatic carboxylic acids is 1. The average molecular weight is 474 g/mol. The Morgan fingerprint density at radius 1 is 1.25 bits per heavy atom. The molecular weight excluding hydrogens is 449 g/mol. The van der Waals surface area contributed by atoms with Crippen molar-refractivity contribution in [1.82, 2.24) is 10.2 Å². The molecule has 2 fully saturated rings. The van der Waals surface area contributed by atoms with Gasteiger partial charge in [-0.1, -0.05) is 0 Å². The minimum atomic E-state index is -1.00. The molecule has 9 nitrogen and oxygen atoms in total. The van der Waals surface area contributed by atoms with Gasteiger partial charge in [-0.2, -0.15) is 0 Å². The van der Waals surface area contributed by atoms with E-state index in [1.54, 1.807) is 0 Å². The van der Waals surface area contributed by atoms with Gasteiger partial charge in [0.2, 0.25) is 0 Å². The molecule has 155 valence electrons. The van der Waals surface area contributed by atoms with Crippen LogP contribution in [0.4, 0.5) is 0 Å². The smallest absolute Gasteiger partial charge is 0.412 e. The van der Waals surface area contributed by atoms with Crippen molar-refractivity contribution in [3.8, 4) is 0 Å². The van der Waals surface area contributed by atoms with E-state index in [2.05, 4.69) is 5.32 Å². The molecule has 3 rings (SSSR count). The van der Waals surface area contributed by atoms with E-state index in [1.165, 1.54) is 16.7 Å². The van der Waals surface area contributed by atoms with Crippen molar-refractivity contribution in [1.29, 1.82) is 0 Å². The van der Waals surface area contributed by atoms with Gasteiger partial charge in [0.05, 0.1) is 0 Å². The topological polar surface area (TPSA) is 181 Å². The molecule has 4 atom stereocenters. The van der Waals surface area contributed by atoms with Crippen LogP contribution in [0.3, 0.4) is 0 Å². The van der Waals surface area contributed by atoms with Crippen molar-refractivity contribution in [3.05, 3.63) is 35.9 Å². The maximum atomic E-state index is 12.4. The number of amides is 2. The van der Waals surface area contributed by atoms with Gasteiger partial charge in [0.15, 0.2) is 0 Å². The van der Waals surface area contributed by atoms with Crippen LogP contribution in [0.1, 0.15) is 30.6 Å². The van der Waals surface area contributed by atoms with E-state index in [4.69, 9.17) is 0 Å². The summed E-state index contributed by atoms with van der Waals surface area (Å²) in [6.07, 6.45) is 0.289. The third-order valence-corrected chi connectivity index (χ3v) is 7.28. The number of nitrogens with one attached hydrogen (secondary N) is 1. The van der Waals surface area contributed by atoms with Crippen LogP contribution >= 0.6 is 11.8 Å². The number of thioether (sulfide) groups is 1. The molecule has 0 saturated carbocycles. The van der Waals surface area contributed by atoms with Crippen LogP contribution in [0.5, 0.6) is 0 Å². The monoisotopic (exact) mass is 475 g/mol. The molecule has 3 radical (unpaired) electrons. The van der Waals surface area contributed by atoms with E-state index < -0.39 is 22.8 Å². The Hall–Kier alpha value is -1.60. The molecule has 1 aromatic rings. The zero-order valence-electron chi connectivity index (χ0n) is 15.4. The Bertz CT molecular complexity index is 719. The molecule has 0 aliphatic carbocycles. The minimum Gasteiger partial charge on any atom is -0.412 e. The Labute approximate surface area is 175 Å². The first-order chi connectivity index (χ1) is 11.7. The van der Waals surface area contributed by atoms with E-state index in [9.17, 15) is 19.5 Å². The fraction of sp³-hybridized carbons (Fsp3) is 0.471. The summed E-state index contributed by atoms with van der Waals surface area (Å²) in [7, 11) is 0. The number of hydrogen-bond donors (Lipinski definition) is 2. The summed E-state index contributed by atoms with van der Waals surface area (Å²) in [4.78, 5) is 37.6. The fourth-order valence-corrected chi connectivity index (χ4v) is 5.78. The van der Waals surface area contributed by atoms with Crippen molar-refractivity contribution in [2.75, 3.05) is 0 Å². The maximum Gasteiger partial charge on any atom is -0.412 e. The largest absolute Gasteiger partial charge is 0.412 e. The second-order valence-electron chi connectivity index (χ2n) is 6.81. The summed E-state index contributed by atoms with van der Waals surface area (Å²) in [6.45, 7) is 3.64. The number of β-lactam (4-membered cyclic amide) rings is 1. The second-order valence-corrected chi connectivity index (χ2v) is 10.0. The van der Waals surface area contributed by atoms with Crippen LogP contribution in [0, 0.1) is 0 Å². The molecule has 2 aliphatic heterocycles. The number of carboxylic acid groups (broad SMARTS) is 1. The van der Waals surface area contributed by atoms with Crippen molar-refractivity contribution >= 4 is 46.1 Å². The van der Waals surface area contributed by atoms with E-state index in [0.29, 0.717) is 0 Å². The van der Waals surface area contributed by atoms with E-state index >= 15 is 0 Å². The minimum absolute atomic E-state index is 0. The Balaban J connectivity index is 0.00000243. The Morgan fingerprint density at radius 2 is 1.82 bits per heavy atom. The van der Waals surface area contributed by atoms with Crippen LogP contribution in [0.15, 0.2) is 30.3 Å². The molecule has 1 aromatic carbocycles. The average Bonchev–Trinajstić information content (AvgIpc) is 2.81. The van der Waals surface area contributed by atoms with Gasteiger partial charge in [0.25, 0.3) is 0 Å². The van der Waals surface area contributed by atoms with Gasteiger partial charge in [-0.25, -0.2) is 0 Å². The van der Waals surface area contributed by atoms with Crippen molar-refractivity contribution < 1.29 is 35.9 Å². The third-order valence-electron chi connectivity index (χ3n) is 4.58. The van der Waals surface area contributed by atoms with Gasteiger partial charge in [-0.15, -0.1) is 0 Å². The van der Waals surface area contributed by atoms with Gasteiger partial charge in [-0.05, 0) is 0 Å². The molecule has 0 aromatic heterocycles. The molecule has 11 heteroatoms. The summed E-state index contributed by atoms with van der Waals surface area (Å²) < 4.78 is -0.532. The summed E-state index contributed by atoms with van der Waals surface area (Å²) in [6, 6.07) is 8.24. The number of carboxylic acids is 1. The first-order valence-corrected chi connectivity index (χ1v) is 10.1. The zero-order chi connectivity index (χ0) is 18.4. The van der Waals surface area contributed by atoms with Crippen LogP contribution in [-0.2, 0) is 14.4 Å². The molecule has 0 bridgehead atoms. The summed E-state index contributed by atoms with van der Waals surface area (Å²) in [5, 5.41) is 11.9. The molecule has 8 N–H and O–H groups in total. The van der Waals surface area contributed by atoms with E-state index in [-0.39, 0.29) is 44.8 Å². The van der Waals surface area contributed by atoms with Crippen molar-refractivity contribution in [3.63, 3.8) is 0 Å². The Morgan fingerprint density at radius 3 is 2.36 bits per heavy atom. The van der Waals surface area contributed by atoms with Crippen LogP contribution in [-0.4, -0.2) is 82.9 Å². The van der Waals surface area contributed by atoms with Gasteiger partial charge in [-0.3, -0.25) is 0 Å². The molecule has 2 saturated heterocycles. The third kappa shape index (κ3) is 4.69. The summed E-state index contributed by atoms with van der Waals surface area (Å²) >= 11 is 3.40. The quantitative estimate of drug-likeness (QED) is 0.386. The van der Waals surface area contributed by atoms with E-state index in [0.717, 1.165) is 5.56 Å². The molecule has 28 heavy (non-hydrogen) atoms. The molecule has 0 spiro atoms. The molecule has 2 amide bonds. The van der Waals surface area contributed by atoms with Gasteiger partial charge < -0.3 is 16.4 Å². The number of carbonyl (C=O) groups is 3. The molecular formula is C17H25GeN2O7S. The number of rotatable bonds is 5. The number of benzene rings is 1. The molecule has 1 unspecified atom stereocenters. The van der Waals surface area contributed by atoms with Crippen LogP contribution < -0.4 is 5.32 Å². The fourth-order valence-electron chi connectivity index (χ4n) is 3.37. The number of fused-ring (bicyclic) bond motifs is 1. The van der Waals surface area contributed by atoms with Crippen molar-refractivity contribution in [2.45, 2.75) is 47.2 Å². The molecule has 2 heterocycles. The Kier molecular flexibility index (Phi) is 9.19. The first kappa shape index (κ1) is 26.4. The molecule has 2 aliphatic rings. The normalized spacial score (nSPS) is 25.0. The first-order valence-electron chi connectivity index (χ1n) is 8.00. The van der Waals surface area contributed by atoms with Gasteiger partial charge >= 0.3 is 159 Å². The summed E-state index contributed by atoms with van der Waals surface area (Å²) in [5.41, 5.74) is 1.07. The standard InChI is InChI=1S/C17H19GeN2O4S.3H2O/c1-17(2)13(16(23)24)20-14(22)12(15(20)25-17)19-11(21)8-10(18)9-6-4-3-5-7-9;;;/h3-7,10,12-13,15H,8H2,1-2H3,(H,19,21)(H,23,24);3*1H2/t10?,12-,13+,15-;;;/m1.../s1. The SMILES string of the molecule is CC1(C)S[C@@H]2[C@H](NC(=O)C[CH]([Ge])c3ccccc3)C(=O)N2[C@H]1C(=O)O.O.O.O. The maximum absolute atomic E-state index is 12.4.